The van der Waals surface area contributed by atoms with Crippen molar-refractivity contribution in [2.75, 3.05) is 13.2 Å². The summed E-state index contributed by atoms with van der Waals surface area (Å²) in [5.41, 5.74) is -0.419. The SMILES string of the molecule is CC1CCC(C2COC(c3cc(F)c(CF)c(F)c3)OC2)CC1.Cc1c(F)cc(OF)cc1F. The quantitative estimate of drug-likeness (QED) is 0.417. The standard InChI is InChI=1S/C18H23F3O2.C7H5F3O/c1-11-2-4-12(5-3-11)14-9-22-18(23-10-14)13-6-16(20)15(8-19)17(21)7-13;1-4-6(8)2-5(11-10)3-7(4)9/h6-7,11-12,14,18H,2-5,8-10H2,1H3;2-3H,1H3. The van der Waals surface area contributed by atoms with Crippen LogP contribution in [0.3, 0.4) is 0 Å². The first-order valence-corrected chi connectivity index (χ1v) is 11.2. The summed E-state index contributed by atoms with van der Waals surface area (Å²) in [5.74, 6) is -2.14. The van der Waals surface area contributed by atoms with E-state index >= 15 is 0 Å². The van der Waals surface area contributed by atoms with Crippen LogP contribution in [0.2, 0.25) is 0 Å². The van der Waals surface area contributed by atoms with E-state index in [1.54, 1.807) is 0 Å². The van der Waals surface area contributed by atoms with Gasteiger partial charge in [-0.25, -0.2) is 22.0 Å². The molecule has 2 aliphatic rings. The maximum Gasteiger partial charge on any atom is 0.184 e. The Bertz CT molecular complexity index is 908. The van der Waals surface area contributed by atoms with Crippen LogP contribution >= 0.6 is 0 Å². The topological polar surface area (TPSA) is 27.7 Å². The third-order valence-corrected chi connectivity index (χ3v) is 6.56. The van der Waals surface area contributed by atoms with Gasteiger partial charge in [-0.15, -0.1) is 0 Å². The minimum atomic E-state index is -1.16. The van der Waals surface area contributed by atoms with Gasteiger partial charge in [-0.1, -0.05) is 19.8 Å². The van der Waals surface area contributed by atoms with Crippen LogP contribution < -0.4 is 4.94 Å². The van der Waals surface area contributed by atoms with Gasteiger partial charge in [0.15, 0.2) is 12.0 Å². The molecule has 0 atom stereocenters. The van der Waals surface area contributed by atoms with Crippen molar-refractivity contribution in [3.63, 3.8) is 0 Å². The van der Waals surface area contributed by atoms with Gasteiger partial charge in [-0.2, -0.15) is 0 Å². The molecule has 0 aromatic heterocycles. The fourth-order valence-electron chi connectivity index (χ4n) is 4.29. The zero-order valence-corrected chi connectivity index (χ0v) is 19.1. The third kappa shape index (κ3) is 6.44. The van der Waals surface area contributed by atoms with Gasteiger partial charge in [-0.3, -0.25) is 4.94 Å². The Morgan fingerprint density at radius 1 is 0.824 bits per heavy atom. The molecule has 0 N–H and O–H groups in total. The van der Waals surface area contributed by atoms with E-state index in [-0.39, 0.29) is 11.1 Å². The number of halogens is 6. The molecule has 1 saturated carbocycles. The van der Waals surface area contributed by atoms with E-state index in [4.69, 9.17) is 9.47 Å². The molecule has 0 radical (unpaired) electrons. The van der Waals surface area contributed by atoms with Crippen molar-refractivity contribution >= 4 is 0 Å². The highest BCUT2D eigenvalue weighted by atomic mass is 19.3. The van der Waals surface area contributed by atoms with Crippen molar-refractivity contribution < 1.29 is 40.9 Å². The molecular weight excluding hydrogens is 462 g/mol. The van der Waals surface area contributed by atoms with Gasteiger partial charge in [0.2, 0.25) is 0 Å². The molecule has 2 fully saturated rings. The van der Waals surface area contributed by atoms with E-state index in [1.165, 1.54) is 32.6 Å². The average Bonchev–Trinajstić information content (AvgIpc) is 2.83. The lowest BCUT2D eigenvalue weighted by atomic mass is 9.76. The summed E-state index contributed by atoms with van der Waals surface area (Å²) in [7, 11) is 0. The largest absolute Gasteiger partial charge is 0.348 e. The summed E-state index contributed by atoms with van der Waals surface area (Å²) in [6.45, 7) is 3.46. The van der Waals surface area contributed by atoms with Gasteiger partial charge in [0.25, 0.3) is 0 Å². The minimum absolute atomic E-state index is 0.147. The monoisotopic (exact) mass is 490 g/mol. The highest BCUT2D eigenvalue weighted by Crippen LogP contribution is 2.37. The van der Waals surface area contributed by atoms with Gasteiger partial charge in [0.05, 0.1) is 18.8 Å². The van der Waals surface area contributed by atoms with E-state index in [1.807, 2.05) is 0 Å². The summed E-state index contributed by atoms with van der Waals surface area (Å²) >= 11 is 0. The molecule has 34 heavy (non-hydrogen) atoms. The zero-order valence-electron chi connectivity index (χ0n) is 19.1. The molecule has 188 valence electrons. The van der Waals surface area contributed by atoms with Crippen LogP contribution in [0, 0.1) is 47.9 Å². The Labute approximate surface area is 194 Å². The number of rotatable bonds is 4. The van der Waals surface area contributed by atoms with Crippen LogP contribution in [0.25, 0.3) is 0 Å². The maximum atomic E-state index is 13.7. The minimum Gasteiger partial charge on any atom is -0.348 e. The van der Waals surface area contributed by atoms with E-state index in [9.17, 15) is 26.5 Å². The van der Waals surface area contributed by atoms with E-state index in [0.717, 1.165) is 30.2 Å². The molecule has 1 aliphatic heterocycles. The molecule has 0 spiro atoms. The predicted octanol–water partition coefficient (Wildman–Crippen LogP) is 7.46. The maximum absolute atomic E-state index is 13.7. The predicted molar refractivity (Wildman–Crippen MR) is 113 cm³/mol. The zero-order chi connectivity index (χ0) is 24.8. The highest BCUT2D eigenvalue weighted by Gasteiger charge is 2.32. The number of alkyl halides is 1. The fraction of sp³-hybridized carbons (Fsp3) is 0.520. The number of hydrogen-bond donors (Lipinski definition) is 0. The molecule has 0 unspecified atom stereocenters. The van der Waals surface area contributed by atoms with Crippen molar-refractivity contribution in [3.05, 3.63) is 64.2 Å². The van der Waals surface area contributed by atoms with E-state index < -0.39 is 47.5 Å². The van der Waals surface area contributed by atoms with Gasteiger partial charge >= 0.3 is 0 Å². The van der Waals surface area contributed by atoms with Crippen LogP contribution in [0.15, 0.2) is 24.3 Å². The van der Waals surface area contributed by atoms with E-state index in [2.05, 4.69) is 11.9 Å². The third-order valence-electron chi connectivity index (χ3n) is 6.56. The molecule has 1 heterocycles. The van der Waals surface area contributed by atoms with Gasteiger partial charge in [0, 0.05) is 33.7 Å². The first-order valence-electron chi connectivity index (χ1n) is 11.2. The molecule has 0 amide bonds. The number of ether oxygens (including phenoxy) is 2. The van der Waals surface area contributed by atoms with Crippen LogP contribution in [0.1, 0.15) is 55.6 Å². The second-order valence-electron chi connectivity index (χ2n) is 8.96. The van der Waals surface area contributed by atoms with Crippen molar-refractivity contribution in [2.45, 2.75) is 52.5 Å². The molecule has 4 rings (SSSR count). The van der Waals surface area contributed by atoms with Crippen LogP contribution in [-0.2, 0) is 16.1 Å². The van der Waals surface area contributed by atoms with Crippen molar-refractivity contribution in [1.29, 1.82) is 0 Å². The van der Waals surface area contributed by atoms with Gasteiger partial charge in [0.1, 0.15) is 29.9 Å². The highest BCUT2D eigenvalue weighted by molar-refractivity contribution is 5.29. The number of hydrogen-bond acceptors (Lipinski definition) is 3. The normalized spacial score (nSPS) is 24.8. The molecule has 0 bridgehead atoms. The molecular formula is C25H28F6O3. The Balaban J connectivity index is 0.000000248. The second-order valence-corrected chi connectivity index (χ2v) is 8.96. The Morgan fingerprint density at radius 2 is 1.35 bits per heavy atom. The summed E-state index contributed by atoms with van der Waals surface area (Å²) in [4.78, 5) is 3.15. The average molecular weight is 490 g/mol. The Morgan fingerprint density at radius 3 is 1.82 bits per heavy atom. The molecule has 1 saturated heterocycles. The van der Waals surface area contributed by atoms with Crippen molar-refractivity contribution in [1.82, 2.24) is 0 Å². The number of benzene rings is 2. The molecule has 2 aromatic carbocycles. The van der Waals surface area contributed by atoms with Crippen LogP contribution in [0.5, 0.6) is 5.75 Å². The molecule has 1 aliphatic carbocycles. The lowest BCUT2D eigenvalue weighted by Crippen LogP contribution is -2.34. The Kier molecular flexibility index (Phi) is 9.24. The van der Waals surface area contributed by atoms with Crippen LogP contribution in [0.4, 0.5) is 26.5 Å². The Hall–Kier alpha value is -2.26. The molecule has 2 aromatic rings. The molecule has 3 nitrogen and oxygen atoms in total. The lowest BCUT2D eigenvalue weighted by molar-refractivity contribution is -0.214. The summed E-state index contributed by atoms with van der Waals surface area (Å²) in [6.07, 6.45) is 4.10. The fourth-order valence-corrected chi connectivity index (χ4v) is 4.29. The summed E-state index contributed by atoms with van der Waals surface area (Å²) in [5, 5.41) is 0. The smallest absolute Gasteiger partial charge is 0.184 e. The van der Waals surface area contributed by atoms with Crippen molar-refractivity contribution in [2.24, 2.45) is 17.8 Å². The van der Waals surface area contributed by atoms with Gasteiger partial charge in [-0.05, 0) is 43.7 Å². The summed E-state index contributed by atoms with van der Waals surface area (Å²) in [6, 6.07) is 3.76. The molecule has 9 heteroatoms. The first kappa shape index (κ1) is 26.3. The summed E-state index contributed by atoms with van der Waals surface area (Å²) < 4.78 is 87.8. The lowest BCUT2D eigenvalue weighted by Gasteiger charge is -2.37. The second kappa shape index (κ2) is 11.9. The van der Waals surface area contributed by atoms with Crippen molar-refractivity contribution in [3.8, 4) is 5.75 Å². The van der Waals surface area contributed by atoms with E-state index in [0.29, 0.717) is 25.0 Å². The first-order chi connectivity index (χ1) is 16.2. The van der Waals surface area contributed by atoms with Gasteiger partial charge < -0.3 is 9.47 Å². The van der Waals surface area contributed by atoms with Crippen LogP contribution in [-0.4, -0.2) is 13.2 Å².